The van der Waals surface area contributed by atoms with E-state index in [1.54, 1.807) is 56.3 Å². The third-order valence-corrected chi connectivity index (χ3v) is 3.53. The zero-order chi connectivity index (χ0) is 16.1. The lowest BCUT2D eigenvalue weighted by Crippen LogP contribution is -2.15. The highest BCUT2D eigenvalue weighted by Gasteiger charge is 2.15. The van der Waals surface area contributed by atoms with E-state index in [0.717, 1.165) is 0 Å². The first kappa shape index (κ1) is 16.0. The van der Waals surface area contributed by atoms with Crippen molar-refractivity contribution in [2.45, 2.75) is 13.8 Å². The average molecular weight is 318 g/mol. The summed E-state index contributed by atoms with van der Waals surface area (Å²) in [5.41, 5.74) is 2.01. The third-order valence-electron chi connectivity index (χ3n) is 3.20. The van der Waals surface area contributed by atoms with E-state index in [-0.39, 0.29) is 5.91 Å². The maximum atomic E-state index is 12.3. The number of hydrogen-bond donors (Lipinski definition) is 1. The number of esters is 1. The molecule has 0 radical (unpaired) electrons. The molecule has 0 aliphatic carbocycles. The maximum Gasteiger partial charge on any atom is 0.338 e. The smallest absolute Gasteiger partial charge is 0.338 e. The first-order chi connectivity index (χ1) is 10.5. The number of carbonyl (C=O) groups excluding carboxylic acids is 2. The summed E-state index contributed by atoms with van der Waals surface area (Å²) in [5.74, 6) is -0.733. The minimum Gasteiger partial charge on any atom is -0.462 e. The third kappa shape index (κ3) is 3.46. The molecule has 0 unspecified atom stereocenters. The molecule has 0 saturated heterocycles. The van der Waals surface area contributed by atoms with Gasteiger partial charge in [0, 0.05) is 5.69 Å². The van der Waals surface area contributed by atoms with Crippen LogP contribution in [0.1, 0.15) is 33.2 Å². The topological polar surface area (TPSA) is 55.4 Å². The van der Waals surface area contributed by atoms with Crippen molar-refractivity contribution in [1.29, 1.82) is 0 Å². The highest BCUT2D eigenvalue weighted by molar-refractivity contribution is 6.34. The van der Waals surface area contributed by atoms with Crippen molar-refractivity contribution in [2.24, 2.45) is 0 Å². The Morgan fingerprint density at radius 3 is 2.45 bits per heavy atom. The second-order valence-electron chi connectivity index (χ2n) is 4.63. The second kappa shape index (κ2) is 7.09. The molecular weight excluding hydrogens is 302 g/mol. The fourth-order valence-electron chi connectivity index (χ4n) is 2.04. The molecular formula is C17H16ClNO3. The summed E-state index contributed by atoms with van der Waals surface area (Å²) in [4.78, 5) is 24.2. The summed E-state index contributed by atoms with van der Waals surface area (Å²) in [7, 11) is 0. The number of amides is 1. The van der Waals surface area contributed by atoms with Crippen LogP contribution in [-0.4, -0.2) is 18.5 Å². The number of halogens is 1. The normalized spacial score (nSPS) is 10.1. The van der Waals surface area contributed by atoms with Crippen molar-refractivity contribution < 1.29 is 14.3 Å². The van der Waals surface area contributed by atoms with Crippen LogP contribution in [0.4, 0.5) is 5.69 Å². The van der Waals surface area contributed by atoms with Crippen LogP contribution >= 0.6 is 11.6 Å². The van der Waals surface area contributed by atoms with Crippen molar-refractivity contribution in [3.8, 4) is 0 Å². The first-order valence-electron chi connectivity index (χ1n) is 6.87. The van der Waals surface area contributed by atoms with E-state index in [2.05, 4.69) is 5.32 Å². The van der Waals surface area contributed by atoms with E-state index in [9.17, 15) is 9.59 Å². The Morgan fingerprint density at radius 2 is 1.77 bits per heavy atom. The number of rotatable bonds is 4. The quantitative estimate of drug-likeness (QED) is 0.864. The lowest BCUT2D eigenvalue weighted by atomic mass is 10.1. The molecule has 0 spiro atoms. The SMILES string of the molecule is CCOC(=O)c1cccc(NC(=O)c2ccccc2Cl)c1C. The predicted octanol–water partition coefficient (Wildman–Crippen LogP) is 4.08. The molecule has 2 aromatic rings. The first-order valence-corrected chi connectivity index (χ1v) is 7.25. The Bertz CT molecular complexity index is 713. The van der Waals surface area contributed by atoms with Crippen molar-refractivity contribution in [1.82, 2.24) is 0 Å². The van der Waals surface area contributed by atoms with Crippen LogP contribution in [0.2, 0.25) is 5.02 Å². The van der Waals surface area contributed by atoms with Gasteiger partial charge in [-0.1, -0.05) is 29.8 Å². The monoisotopic (exact) mass is 317 g/mol. The maximum absolute atomic E-state index is 12.3. The number of anilines is 1. The van der Waals surface area contributed by atoms with Crippen LogP contribution in [0, 0.1) is 6.92 Å². The van der Waals surface area contributed by atoms with Gasteiger partial charge in [0.2, 0.25) is 0 Å². The number of carbonyl (C=O) groups is 2. The van der Waals surface area contributed by atoms with Crippen LogP contribution in [0.25, 0.3) is 0 Å². The summed E-state index contributed by atoms with van der Waals surface area (Å²) in [6.07, 6.45) is 0. The molecule has 5 heteroatoms. The molecule has 1 amide bonds. The van der Waals surface area contributed by atoms with Gasteiger partial charge in [-0.2, -0.15) is 0 Å². The zero-order valence-corrected chi connectivity index (χ0v) is 13.1. The van der Waals surface area contributed by atoms with Gasteiger partial charge < -0.3 is 10.1 Å². The fraction of sp³-hybridized carbons (Fsp3) is 0.176. The van der Waals surface area contributed by atoms with Gasteiger partial charge in [-0.15, -0.1) is 0 Å². The van der Waals surface area contributed by atoms with Crippen LogP contribution in [0.3, 0.4) is 0 Å². The second-order valence-corrected chi connectivity index (χ2v) is 5.04. The van der Waals surface area contributed by atoms with Gasteiger partial charge in [0.1, 0.15) is 0 Å². The Morgan fingerprint density at radius 1 is 1.09 bits per heavy atom. The van der Waals surface area contributed by atoms with E-state index < -0.39 is 5.97 Å². The van der Waals surface area contributed by atoms with Gasteiger partial charge in [0.25, 0.3) is 5.91 Å². The summed E-state index contributed by atoms with van der Waals surface area (Å²) < 4.78 is 5.00. The lowest BCUT2D eigenvalue weighted by Gasteiger charge is -2.12. The highest BCUT2D eigenvalue weighted by atomic mass is 35.5. The molecule has 4 nitrogen and oxygen atoms in total. The summed E-state index contributed by atoms with van der Waals surface area (Å²) >= 11 is 6.01. The highest BCUT2D eigenvalue weighted by Crippen LogP contribution is 2.22. The van der Waals surface area contributed by atoms with Crippen LogP contribution in [0.15, 0.2) is 42.5 Å². The molecule has 0 aliphatic heterocycles. The average Bonchev–Trinajstić information content (AvgIpc) is 2.50. The molecule has 114 valence electrons. The van der Waals surface area contributed by atoms with Crippen molar-refractivity contribution in [3.63, 3.8) is 0 Å². The summed E-state index contributed by atoms with van der Waals surface area (Å²) in [6.45, 7) is 3.80. The largest absolute Gasteiger partial charge is 0.462 e. The molecule has 0 bridgehead atoms. The number of hydrogen-bond acceptors (Lipinski definition) is 3. The predicted molar refractivity (Wildman–Crippen MR) is 86.5 cm³/mol. The molecule has 0 aromatic heterocycles. The van der Waals surface area contributed by atoms with Gasteiger partial charge in [0.15, 0.2) is 0 Å². The standard InChI is InChI=1S/C17H16ClNO3/c1-3-22-17(21)12-8-6-10-15(11(12)2)19-16(20)13-7-4-5-9-14(13)18/h4-10H,3H2,1-2H3,(H,19,20). The van der Waals surface area contributed by atoms with Gasteiger partial charge in [-0.25, -0.2) is 4.79 Å². The molecule has 0 fully saturated rings. The van der Waals surface area contributed by atoms with Gasteiger partial charge in [-0.3, -0.25) is 4.79 Å². The fourth-order valence-corrected chi connectivity index (χ4v) is 2.26. The summed E-state index contributed by atoms with van der Waals surface area (Å²) in [6, 6.07) is 11.9. The number of nitrogens with one attached hydrogen (secondary N) is 1. The molecule has 0 saturated carbocycles. The van der Waals surface area contributed by atoms with Crippen molar-refractivity contribution >= 4 is 29.2 Å². The minimum absolute atomic E-state index is 0.300. The van der Waals surface area contributed by atoms with Crippen molar-refractivity contribution in [2.75, 3.05) is 11.9 Å². The summed E-state index contributed by atoms with van der Waals surface area (Å²) in [5, 5.41) is 3.15. The van der Waals surface area contributed by atoms with Crippen molar-refractivity contribution in [3.05, 3.63) is 64.2 Å². The van der Waals surface area contributed by atoms with Gasteiger partial charge in [-0.05, 0) is 43.7 Å². The molecule has 0 atom stereocenters. The van der Waals surface area contributed by atoms with Crippen LogP contribution in [-0.2, 0) is 4.74 Å². The molecule has 0 aliphatic rings. The Hall–Kier alpha value is -2.33. The number of ether oxygens (including phenoxy) is 1. The zero-order valence-electron chi connectivity index (χ0n) is 12.4. The van der Waals surface area contributed by atoms with E-state index in [1.807, 2.05) is 0 Å². The molecule has 0 heterocycles. The van der Waals surface area contributed by atoms with Gasteiger partial charge >= 0.3 is 5.97 Å². The Balaban J connectivity index is 2.27. The van der Waals surface area contributed by atoms with E-state index in [4.69, 9.17) is 16.3 Å². The molecule has 1 N–H and O–H groups in total. The van der Waals surface area contributed by atoms with E-state index >= 15 is 0 Å². The van der Waals surface area contributed by atoms with E-state index in [1.165, 1.54) is 0 Å². The lowest BCUT2D eigenvalue weighted by molar-refractivity contribution is 0.0525. The molecule has 2 aromatic carbocycles. The van der Waals surface area contributed by atoms with Crippen LogP contribution < -0.4 is 5.32 Å². The Labute approximate surface area is 134 Å². The number of benzene rings is 2. The van der Waals surface area contributed by atoms with Gasteiger partial charge in [0.05, 0.1) is 22.8 Å². The Kier molecular flexibility index (Phi) is 5.17. The van der Waals surface area contributed by atoms with E-state index in [0.29, 0.717) is 34.0 Å². The molecule has 22 heavy (non-hydrogen) atoms. The molecule has 2 rings (SSSR count). The van der Waals surface area contributed by atoms with Crippen LogP contribution in [0.5, 0.6) is 0 Å². The minimum atomic E-state index is -0.408.